The van der Waals surface area contributed by atoms with Crippen molar-refractivity contribution in [3.05, 3.63) is 83.7 Å². The first kappa shape index (κ1) is 55.0. The predicted molar refractivity (Wildman–Crippen MR) is 260 cm³/mol. The summed E-state index contributed by atoms with van der Waals surface area (Å²) >= 11 is 1.38. The SMILES string of the molecule is CCC(CC)C1CC(=O)N(CCCCCC(=O)NCCOCCOCCNC(=O)CCSCC(=O)N(CCCN)[C@@H](c2cc(-c3cc(F)ccc3F)cn2Cc2ccccc2)C(C)(C)C)C1=O. The fourth-order valence-corrected chi connectivity index (χ4v) is 9.42. The van der Waals surface area contributed by atoms with E-state index in [2.05, 4.69) is 45.3 Å². The molecule has 4 rings (SSSR count). The highest BCUT2D eigenvalue weighted by atomic mass is 32.2. The monoisotopic (exact) mass is 953 g/mol. The van der Waals surface area contributed by atoms with E-state index < -0.39 is 23.1 Å². The summed E-state index contributed by atoms with van der Waals surface area (Å²) in [5.41, 5.74) is 7.96. The molecule has 3 aromatic rings. The molecule has 13 nitrogen and oxygen atoms in total. The molecule has 2 atom stereocenters. The minimum absolute atomic E-state index is 0.0397. The third kappa shape index (κ3) is 17.8. The molecule has 1 saturated heterocycles. The van der Waals surface area contributed by atoms with Crippen molar-refractivity contribution < 1.29 is 42.2 Å². The quantitative estimate of drug-likeness (QED) is 0.0438. The van der Waals surface area contributed by atoms with Gasteiger partial charge < -0.3 is 35.3 Å². The van der Waals surface area contributed by atoms with Gasteiger partial charge in [-0.25, -0.2) is 8.78 Å². The topological polar surface area (TPSA) is 165 Å². The zero-order chi connectivity index (χ0) is 48.8. The van der Waals surface area contributed by atoms with Crippen molar-refractivity contribution in [1.82, 2.24) is 25.0 Å². The number of amides is 5. The zero-order valence-electron chi connectivity index (χ0n) is 40.3. The van der Waals surface area contributed by atoms with Crippen molar-refractivity contribution >= 4 is 41.3 Å². The van der Waals surface area contributed by atoms with Gasteiger partial charge in [0.15, 0.2) is 0 Å². The Labute approximate surface area is 400 Å². The molecule has 1 aromatic heterocycles. The highest BCUT2D eigenvalue weighted by Crippen LogP contribution is 2.41. The fraction of sp³-hybridized carbons (Fsp3) is 0.588. The van der Waals surface area contributed by atoms with Crippen LogP contribution in [0.15, 0.2) is 60.8 Å². The van der Waals surface area contributed by atoms with Crippen LogP contribution in [0, 0.1) is 28.9 Å². The molecule has 1 aliphatic heterocycles. The summed E-state index contributed by atoms with van der Waals surface area (Å²) in [5.74, 6) is -0.884. The summed E-state index contributed by atoms with van der Waals surface area (Å²) < 4.78 is 42.6. The molecular formula is C51H74F2N6O7S. The Morgan fingerprint density at radius 1 is 0.881 bits per heavy atom. The van der Waals surface area contributed by atoms with E-state index in [4.69, 9.17) is 15.2 Å². The molecule has 0 spiro atoms. The lowest BCUT2D eigenvalue weighted by Gasteiger charge is -2.41. The van der Waals surface area contributed by atoms with E-state index in [0.717, 1.165) is 42.7 Å². The average Bonchev–Trinajstić information content (AvgIpc) is 3.83. The number of aromatic nitrogens is 1. The Hall–Kier alpha value is -4.64. The third-order valence-electron chi connectivity index (χ3n) is 12.1. The molecule has 16 heteroatoms. The van der Waals surface area contributed by atoms with Crippen LogP contribution in [0.2, 0.25) is 0 Å². The van der Waals surface area contributed by atoms with Crippen molar-refractivity contribution in [3.63, 3.8) is 0 Å². The lowest BCUT2D eigenvalue weighted by Crippen LogP contribution is -2.44. The van der Waals surface area contributed by atoms with Crippen molar-refractivity contribution in [3.8, 4) is 11.1 Å². The highest BCUT2D eigenvalue weighted by molar-refractivity contribution is 7.99. The number of carbonyl (C=O) groups excluding carboxylic acids is 5. The van der Waals surface area contributed by atoms with Crippen LogP contribution in [0.1, 0.15) is 110 Å². The van der Waals surface area contributed by atoms with Crippen LogP contribution < -0.4 is 16.4 Å². The van der Waals surface area contributed by atoms with Crippen molar-refractivity contribution in [2.45, 2.75) is 105 Å². The number of imide groups is 1. The maximum Gasteiger partial charge on any atom is 0.233 e. The molecular weight excluding hydrogens is 879 g/mol. The second-order valence-corrected chi connectivity index (χ2v) is 19.3. The van der Waals surface area contributed by atoms with E-state index in [0.29, 0.717) is 109 Å². The molecule has 0 radical (unpaired) electrons. The van der Waals surface area contributed by atoms with Gasteiger partial charge in [-0.15, -0.1) is 0 Å². The minimum Gasteiger partial charge on any atom is -0.377 e. The molecule has 370 valence electrons. The number of nitrogens with one attached hydrogen (secondary N) is 2. The number of halogens is 2. The van der Waals surface area contributed by atoms with Gasteiger partial charge in [-0.1, -0.05) is 84.2 Å². The summed E-state index contributed by atoms with van der Waals surface area (Å²) in [6.07, 6.45) is 7.20. The van der Waals surface area contributed by atoms with Gasteiger partial charge in [0.2, 0.25) is 29.5 Å². The lowest BCUT2D eigenvalue weighted by atomic mass is 9.83. The van der Waals surface area contributed by atoms with E-state index in [1.165, 1.54) is 22.7 Å². The number of rotatable bonds is 31. The predicted octanol–water partition coefficient (Wildman–Crippen LogP) is 7.51. The highest BCUT2D eigenvalue weighted by Gasteiger charge is 2.41. The van der Waals surface area contributed by atoms with Crippen molar-refractivity contribution in [2.24, 2.45) is 23.0 Å². The first-order valence-electron chi connectivity index (χ1n) is 24.0. The van der Waals surface area contributed by atoms with E-state index in [1.54, 1.807) is 0 Å². The summed E-state index contributed by atoms with van der Waals surface area (Å²) in [6, 6.07) is 14.7. The van der Waals surface area contributed by atoms with Gasteiger partial charge in [-0.2, -0.15) is 11.8 Å². The second kappa shape index (κ2) is 28.6. The molecule has 0 aliphatic carbocycles. The number of nitrogens with zero attached hydrogens (tertiary/aromatic N) is 3. The summed E-state index contributed by atoms with van der Waals surface area (Å²) in [4.78, 5) is 67.3. The second-order valence-electron chi connectivity index (χ2n) is 18.2. The van der Waals surface area contributed by atoms with Crippen molar-refractivity contribution in [1.29, 1.82) is 0 Å². The number of nitrogens with two attached hydrogens (primary N) is 1. The fourth-order valence-electron chi connectivity index (χ4n) is 8.60. The van der Waals surface area contributed by atoms with E-state index in [9.17, 15) is 28.4 Å². The number of benzene rings is 2. The number of thioether (sulfide) groups is 1. The maximum atomic E-state index is 15.1. The van der Waals surface area contributed by atoms with Gasteiger partial charge in [0.05, 0.1) is 44.1 Å². The van der Waals surface area contributed by atoms with Crippen LogP contribution in [0.25, 0.3) is 11.1 Å². The van der Waals surface area contributed by atoms with Crippen LogP contribution in [-0.4, -0.2) is 115 Å². The summed E-state index contributed by atoms with van der Waals surface area (Å²) in [5, 5.41) is 5.69. The number of carbonyl (C=O) groups is 5. The van der Waals surface area contributed by atoms with Gasteiger partial charge in [0, 0.05) is 80.8 Å². The summed E-state index contributed by atoms with van der Waals surface area (Å²) in [6.45, 7) is 14.0. The smallest absolute Gasteiger partial charge is 0.233 e. The average molecular weight is 953 g/mol. The van der Waals surface area contributed by atoms with Crippen LogP contribution >= 0.6 is 11.8 Å². The third-order valence-corrected chi connectivity index (χ3v) is 13.0. The molecule has 2 heterocycles. The standard InChI is InChI=1S/C51H74F2N6O7S/c1-6-38(7-2)42-33-47(62)59(50(42)64)24-13-9-12-17-45(60)55-22-26-65-28-29-66-27-23-56-46(61)20-30-67-36-48(63)58(25-14-21-54)49(51(3,4)5)44-31-39(41-32-40(52)18-19-43(41)53)35-57(44)34-37-15-10-8-11-16-37/h8,10-11,15-16,18-19,31-32,35,38,42,49H,6-7,9,12-14,17,20-30,33-34,36,54H2,1-5H3,(H,55,60)(H,56,61)/t42?,49-/m0/s1. The van der Waals surface area contributed by atoms with E-state index in [-0.39, 0.29) is 59.1 Å². The van der Waals surface area contributed by atoms with E-state index in [1.807, 2.05) is 52.1 Å². The first-order valence-corrected chi connectivity index (χ1v) is 25.1. The number of unbranched alkanes of at least 4 members (excludes halogenated alkanes) is 2. The van der Waals surface area contributed by atoms with Gasteiger partial charge >= 0.3 is 0 Å². The number of ether oxygens (including phenoxy) is 2. The number of hydrogen-bond donors (Lipinski definition) is 3. The van der Waals surface area contributed by atoms with Crippen molar-refractivity contribution in [2.75, 3.05) is 70.7 Å². The van der Waals surface area contributed by atoms with Gasteiger partial charge in [0.1, 0.15) is 11.6 Å². The van der Waals surface area contributed by atoms with Gasteiger partial charge in [-0.05, 0) is 67.0 Å². The molecule has 1 aliphatic rings. The molecule has 1 unspecified atom stereocenters. The zero-order valence-corrected chi connectivity index (χ0v) is 41.1. The Balaban J connectivity index is 1.12. The van der Waals surface area contributed by atoms with E-state index >= 15 is 4.39 Å². The largest absolute Gasteiger partial charge is 0.377 e. The Bertz CT molecular complexity index is 2030. The van der Waals surface area contributed by atoms with Crippen LogP contribution in [0.4, 0.5) is 8.78 Å². The first-order chi connectivity index (χ1) is 32.2. The normalized spacial score (nSPS) is 14.5. The van der Waals surface area contributed by atoms with Gasteiger partial charge in [-0.3, -0.25) is 28.9 Å². The number of likely N-dealkylation sites (tertiary alicyclic amines) is 1. The molecule has 1 fully saturated rings. The Morgan fingerprint density at radius 2 is 1.55 bits per heavy atom. The minimum atomic E-state index is -0.542. The molecule has 67 heavy (non-hydrogen) atoms. The maximum absolute atomic E-state index is 15.1. The van der Waals surface area contributed by atoms with Gasteiger partial charge in [0.25, 0.3) is 0 Å². The number of hydrogen-bond acceptors (Lipinski definition) is 9. The van der Waals surface area contributed by atoms with Crippen LogP contribution in [0.5, 0.6) is 0 Å². The molecule has 0 bridgehead atoms. The molecule has 0 saturated carbocycles. The lowest BCUT2D eigenvalue weighted by molar-refractivity contribution is -0.140. The Kier molecular flexibility index (Phi) is 23.5. The molecule has 4 N–H and O–H groups in total. The summed E-state index contributed by atoms with van der Waals surface area (Å²) in [7, 11) is 0. The Morgan fingerprint density at radius 3 is 2.19 bits per heavy atom. The molecule has 2 aromatic carbocycles. The van der Waals surface area contributed by atoms with Crippen LogP contribution in [0.3, 0.4) is 0 Å². The molecule has 5 amide bonds. The van der Waals surface area contributed by atoms with Crippen LogP contribution in [-0.2, 0) is 40.0 Å².